The predicted octanol–water partition coefficient (Wildman–Crippen LogP) is 1.48. The van der Waals surface area contributed by atoms with Gasteiger partial charge in [-0.25, -0.2) is 9.18 Å². The van der Waals surface area contributed by atoms with E-state index in [2.05, 4.69) is 23.7 Å². The molecule has 112 valence electrons. The lowest BCUT2D eigenvalue weighted by Crippen LogP contribution is -2.39. The fourth-order valence-corrected chi connectivity index (χ4v) is 2.98. The molecule has 1 atom stereocenters. The van der Waals surface area contributed by atoms with Crippen LogP contribution in [0.1, 0.15) is 26.3 Å². The summed E-state index contributed by atoms with van der Waals surface area (Å²) in [5, 5.41) is 0.220. The molecule has 5 nitrogen and oxygen atoms in total. The minimum absolute atomic E-state index is 0.156. The Balaban J connectivity index is 2.11. The Bertz CT molecular complexity index is 794. The Morgan fingerprint density at radius 1 is 1.33 bits per heavy atom. The summed E-state index contributed by atoms with van der Waals surface area (Å²) in [6.07, 6.45) is 0.752. The topological polar surface area (TPSA) is 58.1 Å². The van der Waals surface area contributed by atoms with Crippen molar-refractivity contribution in [1.29, 1.82) is 0 Å². The van der Waals surface area contributed by atoms with Gasteiger partial charge in [0.15, 0.2) is 0 Å². The van der Waals surface area contributed by atoms with E-state index in [1.54, 1.807) is 0 Å². The van der Waals surface area contributed by atoms with Gasteiger partial charge in [-0.1, -0.05) is 0 Å². The number of nitrogens with zero attached hydrogens (tertiary/aromatic N) is 2. The smallest absolute Gasteiger partial charge is 0.307 e. The molecule has 0 bridgehead atoms. The molecule has 0 aliphatic carbocycles. The third-order valence-electron chi connectivity index (χ3n) is 4.18. The molecule has 1 unspecified atom stereocenters. The molecule has 1 aromatic carbocycles. The second-order valence-corrected chi connectivity index (χ2v) is 5.83. The number of benzene rings is 1. The second kappa shape index (κ2) is 5.11. The predicted molar refractivity (Wildman–Crippen MR) is 79.1 cm³/mol. The lowest BCUT2D eigenvalue weighted by molar-refractivity contribution is 0.263. The van der Waals surface area contributed by atoms with Gasteiger partial charge in [0.2, 0.25) is 0 Å². The summed E-state index contributed by atoms with van der Waals surface area (Å²) in [7, 11) is 0. The van der Waals surface area contributed by atoms with Gasteiger partial charge in [-0.2, -0.15) is 0 Å². The molecule has 6 heteroatoms. The van der Waals surface area contributed by atoms with Crippen LogP contribution >= 0.6 is 0 Å². The van der Waals surface area contributed by atoms with E-state index in [1.165, 1.54) is 22.8 Å². The molecule has 21 heavy (non-hydrogen) atoms. The summed E-state index contributed by atoms with van der Waals surface area (Å²) in [6.45, 7) is 5.70. The molecule has 2 heterocycles. The largest absolute Gasteiger partial charge is 0.329 e. The maximum Gasteiger partial charge on any atom is 0.329 e. The van der Waals surface area contributed by atoms with Crippen molar-refractivity contribution in [2.24, 2.45) is 0 Å². The van der Waals surface area contributed by atoms with E-state index in [0.29, 0.717) is 18.1 Å². The molecule has 0 amide bonds. The first-order valence-electron chi connectivity index (χ1n) is 7.15. The van der Waals surface area contributed by atoms with Gasteiger partial charge in [0.1, 0.15) is 5.82 Å². The maximum atomic E-state index is 13.3. The highest BCUT2D eigenvalue weighted by Crippen LogP contribution is 2.21. The first-order valence-corrected chi connectivity index (χ1v) is 7.15. The molecule has 1 aliphatic heterocycles. The highest BCUT2D eigenvalue weighted by atomic mass is 19.1. The van der Waals surface area contributed by atoms with Crippen LogP contribution in [-0.4, -0.2) is 33.6 Å². The summed E-state index contributed by atoms with van der Waals surface area (Å²) in [5.74, 6) is -0.478. The summed E-state index contributed by atoms with van der Waals surface area (Å²) < 4.78 is 14.6. The highest BCUT2D eigenvalue weighted by molar-refractivity contribution is 5.77. The summed E-state index contributed by atoms with van der Waals surface area (Å²) in [4.78, 5) is 29.6. The molecule has 1 saturated heterocycles. The molecular formula is C15H18FN3O2. The molecule has 2 aromatic rings. The average molecular weight is 291 g/mol. The molecule has 1 aliphatic rings. The second-order valence-electron chi connectivity index (χ2n) is 5.83. The zero-order valence-electron chi connectivity index (χ0n) is 12.1. The van der Waals surface area contributed by atoms with Crippen molar-refractivity contribution < 1.29 is 4.39 Å². The zero-order chi connectivity index (χ0) is 15.1. The van der Waals surface area contributed by atoms with Crippen LogP contribution in [0.2, 0.25) is 0 Å². The standard InChI is InChI=1S/C15H18FN3O2/c1-9(2)18-6-5-11(8-18)19-14(20)12-7-10(16)3-4-13(12)17-15(19)21/h3-4,7,9,11H,5-6,8H2,1-2H3,(H,17,21). The van der Waals surface area contributed by atoms with Gasteiger partial charge < -0.3 is 4.98 Å². The van der Waals surface area contributed by atoms with Crippen molar-refractivity contribution in [3.8, 4) is 0 Å². The summed E-state index contributed by atoms with van der Waals surface area (Å²) in [5.41, 5.74) is -0.458. The molecule has 0 saturated carbocycles. The number of halogens is 1. The molecule has 1 fully saturated rings. The summed E-state index contributed by atoms with van der Waals surface area (Å²) >= 11 is 0. The number of fused-ring (bicyclic) bond motifs is 1. The van der Waals surface area contributed by atoms with Crippen LogP contribution in [0.3, 0.4) is 0 Å². The monoisotopic (exact) mass is 291 g/mol. The summed E-state index contributed by atoms with van der Waals surface area (Å²) in [6, 6.07) is 4.06. The van der Waals surface area contributed by atoms with E-state index in [0.717, 1.165) is 13.0 Å². The maximum absolute atomic E-state index is 13.3. The van der Waals surface area contributed by atoms with Crippen LogP contribution in [0.4, 0.5) is 4.39 Å². The van der Waals surface area contributed by atoms with E-state index in [9.17, 15) is 14.0 Å². The Kier molecular flexibility index (Phi) is 3.41. The fraction of sp³-hybridized carbons (Fsp3) is 0.467. The normalized spacial score (nSPS) is 19.7. The van der Waals surface area contributed by atoms with Crippen LogP contribution in [0, 0.1) is 5.82 Å². The Morgan fingerprint density at radius 2 is 2.10 bits per heavy atom. The first kappa shape index (κ1) is 14.0. The van der Waals surface area contributed by atoms with Crippen molar-refractivity contribution in [2.45, 2.75) is 32.4 Å². The van der Waals surface area contributed by atoms with E-state index in [-0.39, 0.29) is 11.4 Å². The number of H-pyrrole nitrogens is 1. The van der Waals surface area contributed by atoms with E-state index in [1.807, 2.05) is 0 Å². The van der Waals surface area contributed by atoms with E-state index < -0.39 is 17.1 Å². The van der Waals surface area contributed by atoms with Crippen molar-refractivity contribution in [1.82, 2.24) is 14.5 Å². The third kappa shape index (κ3) is 2.40. The number of likely N-dealkylation sites (tertiary alicyclic amines) is 1. The van der Waals surface area contributed by atoms with Gasteiger partial charge in [-0.15, -0.1) is 0 Å². The SMILES string of the molecule is CC(C)N1CCC(n2c(=O)[nH]c3ccc(F)cc3c2=O)C1. The lowest BCUT2D eigenvalue weighted by Gasteiger charge is -2.20. The lowest BCUT2D eigenvalue weighted by atomic mass is 10.2. The molecule has 3 rings (SSSR count). The minimum Gasteiger partial charge on any atom is -0.307 e. The van der Waals surface area contributed by atoms with Crippen LogP contribution < -0.4 is 11.2 Å². The molecular weight excluding hydrogens is 273 g/mol. The van der Waals surface area contributed by atoms with Crippen molar-refractivity contribution >= 4 is 10.9 Å². The number of nitrogens with one attached hydrogen (secondary N) is 1. The van der Waals surface area contributed by atoms with Gasteiger partial charge in [0.25, 0.3) is 5.56 Å². The Labute approximate surface area is 121 Å². The van der Waals surface area contributed by atoms with Crippen LogP contribution in [0.15, 0.2) is 27.8 Å². The van der Waals surface area contributed by atoms with Crippen LogP contribution in [0.25, 0.3) is 10.9 Å². The third-order valence-corrected chi connectivity index (χ3v) is 4.18. The van der Waals surface area contributed by atoms with Gasteiger partial charge in [-0.3, -0.25) is 14.3 Å². The first-order chi connectivity index (χ1) is 9.97. The number of rotatable bonds is 2. The molecule has 0 spiro atoms. The van der Waals surface area contributed by atoms with E-state index in [4.69, 9.17) is 0 Å². The van der Waals surface area contributed by atoms with Gasteiger partial charge in [0, 0.05) is 19.1 Å². The van der Waals surface area contributed by atoms with Crippen molar-refractivity contribution in [3.63, 3.8) is 0 Å². The van der Waals surface area contributed by atoms with Crippen molar-refractivity contribution in [3.05, 3.63) is 44.9 Å². The average Bonchev–Trinajstić information content (AvgIpc) is 2.89. The van der Waals surface area contributed by atoms with Gasteiger partial charge in [-0.05, 0) is 38.5 Å². The zero-order valence-corrected chi connectivity index (χ0v) is 12.1. The van der Waals surface area contributed by atoms with Gasteiger partial charge in [0.05, 0.1) is 16.9 Å². The molecule has 1 N–H and O–H groups in total. The Morgan fingerprint density at radius 3 is 2.76 bits per heavy atom. The fourth-order valence-electron chi connectivity index (χ4n) is 2.98. The molecule has 0 radical (unpaired) electrons. The van der Waals surface area contributed by atoms with Gasteiger partial charge >= 0.3 is 5.69 Å². The minimum atomic E-state index is -0.478. The van der Waals surface area contributed by atoms with Crippen molar-refractivity contribution in [2.75, 3.05) is 13.1 Å². The van der Waals surface area contributed by atoms with Crippen LogP contribution in [-0.2, 0) is 0 Å². The Hall–Kier alpha value is -1.95. The number of aromatic amines is 1. The number of hydrogen-bond acceptors (Lipinski definition) is 3. The highest BCUT2D eigenvalue weighted by Gasteiger charge is 2.28. The van der Waals surface area contributed by atoms with E-state index >= 15 is 0 Å². The number of aromatic nitrogens is 2. The number of hydrogen-bond donors (Lipinski definition) is 1. The quantitative estimate of drug-likeness (QED) is 0.912. The van der Waals surface area contributed by atoms with Crippen LogP contribution in [0.5, 0.6) is 0 Å². The molecule has 1 aromatic heterocycles.